The van der Waals surface area contributed by atoms with Gasteiger partial charge in [0.25, 0.3) is 0 Å². The predicted octanol–water partition coefficient (Wildman–Crippen LogP) is 11.1. The molecule has 7 aromatic carbocycles. The number of nitrogens with zero attached hydrogens (tertiary/aromatic N) is 2. The SMILES string of the molecule is c1cc(-c2cnc3c4ccccc4c4ccccc4c3n2)cc(-c2cccc3c2oc2cc4c(cc23)oc2ccccc24)c1. The lowest BCUT2D eigenvalue weighted by Crippen LogP contribution is -1.92. The third kappa shape index (κ3) is 3.28. The summed E-state index contributed by atoms with van der Waals surface area (Å²) in [4.78, 5) is 10.2. The highest BCUT2D eigenvalue weighted by atomic mass is 16.3. The van der Waals surface area contributed by atoms with E-state index in [2.05, 4.69) is 109 Å². The lowest BCUT2D eigenvalue weighted by Gasteiger charge is -2.11. The van der Waals surface area contributed by atoms with Crippen LogP contribution in [-0.4, -0.2) is 9.97 Å². The molecule has 0 saturated heterocycles. The Kier molecular flexibility index (Phi) is 4.69. The van der Waals surface area contributed by atoms with E-state index < -0.39 is 0 Å². The maximum absolute atomic E-state index is 6.59. The van der Waals surface area contributed by atoms with Crippen LogP contribution in [0.5, 0.6) is 0 Å². The molecule has 0 N–H and O–H groups in total. The minimum atomic E-state index is 0.837. The Labute approximate surface area is 250 Å². The van der Waals surface area contributed by atoms with Gasteiger partial charge < -0.3 is 8.83 Å². The third-order valence-corrected chi connectivity index (χ3v) is 8.89. The summed E-state index contributed by atoms with van der Waals surface area (Å²) in [6, 6.07) is 44.1. The van der Waals surface area contributed by atoms with Crippen LogP contribution in [0.4, 0.5) is 0 Å². The monoisotopic (exact) mass is 562 g/mol. The van der Waals surface area contributed by atoms with Gasteiger partial charge in [0, 0.05) is 43.4 Å². The van der Waals surface area contributed by atoms with Crippen LogP contribution in [0.3, 0.4) is 0 Å². The number of hydrogen-bond donors (Lipinski definition) is 0. The summed E-state index contributed by atoms with van der Waals surface area (Å²) in [5, 5.41) is 8.87. The van der Waals surface area contributed by atoms with Crippen molar-refractivity contribution in [3.8, 4) is 22.4 Å². The zero-order valence-electron chi connectivity index (χ0n) is 23.4. The maximum atomic E-state index is 6.59. The van der Waals surface area contributed by atoms with Crippen LogP contribution < -0.4 is 0 Å². The van der Waals surface area contributed by atoms with Gasteiger partial charge in [0.15, 0.2) is 0 Å². The van der Waals surface area contributed by atoms with E-state index in [1.807, 2.05) is 24.4 Å². The Balaban J connectivity index is 1.15. The van der Waals surface area contributed by atoms with E-state index in [0.717, 1.165) is 88.1 Å². The second kappa shape index (κ2) is 8.76. The fraction of sp³-hybridized carbons (Fsp3) is 0. The molecule has 0 aliphatic rings. The summed E-state index contributed by atoms with van der Waals surface area (Å²) in [5.41, 5.74) is 9.23. The quantitative estimate of drug-likeness (QED) is 0.197. The number of benzene rings is 7. The van der Waals surface area contributed by atoms with Gasteiger partial charge in [-0.3, -0.25) is 4.98 Å². The highest BCUT2D eigenvalue weighted by Crippen LogP contribution is 2.40. The molecule has 0 aliphatic heterocycles. The first-order chi connectivity index (χ1) is 21.8. The van der Waals surface area contributed by atoms with E-state index in [-0.39, 0.29) is 0 Å². The first-order valence-electron chi connectivity index (χ1n) is 14.7. The molecule has 0 saturated carbocycles. The first kappa shape index (κ1) is 23.6. The molecule has 4 heteroatoms. The minimum Gasteiger partial charge on any atom is -0.456 e. The Morgan fingerprint density at radius 3 is 1.84 bits per heavy atom. The molecule has 0 bridgehead atoms. The first-order valence-corrected chi connectivity index (χ1v) is 14.7. The Morgan fingerprint density at radius 2 is 1.02 bits per heavy atom. The van der Waals surface area contributed by atoms with Crippen molar-refractivity contribution in [2.75, 3.05) is 0 Å². The number of para-hydroxylation sites is 2. The van der Waals surface area contributed by atoms with Crippen LogP contribution in [-0.2, 0) is 0 Å². The van der Waals surface area contributed by atoms with Crippen LogP contribution in [0, 0.1) is 0 Å². The van der Waals surface area contributed by atoms with Gasteiger partial charge in [-0.05, 0) is 40.6 Å². The summed E-state index contributed by atoms with van der Waals surface area (Å²) in [7, 11) is 0. The van der Waals surface area contributed by atoms with Gasteiger partial charge in [-0.1, -0.05) is 103 Å². The van der Waals surface area contributed by atoms with Crippen molar-refractivity contribution in [1.82, 2.24) is 9.97 Å². The van der Waals surface area contributed by atoms with E-state index in [4.69, 9.17) is 18.8 Å². The van der Waals surface area contributed by atoms with Gasteiger partial charge in [0.2, 0.25) is 0 Å². The van der Waals surface area contributed by atoms with Crippen LogP contribution in [0.15, 0.2) is 142 Å². The molecule has 0 aliphatic carbocycles. The third-order valence-electron chi connectivity index (χ3n) is 8.89. The molecular formula is C40H22N2O2. The van der Waals surface area contributed by atoms with Crippen molar-refractivity contribution < 1.29 is 8.83 Å². The molecule has 44 heavy (non-hydrogen) atoms. The molecule has 0 fully saturated rings. The average Bonchev–Trinajstić information content (AvgIpc) is 3.64. The van der Waals surface area contributed by atoms with E-state index >= 15 is 0 Å². The lowest BCUT2D eigenvalue weighted by atomic mass is 9.98. The molecule has 10 rings (SSSR count). The van der Waals surface area contributed by atoms with Gasteiger partial charge in [-0.25, -0.2) is 4.98 Å². The molecule has 4 nitrogen and oxygen atoms in total. The van der Waals surface area contributed by atoms with Gasteiger partial charge in [0.05, 0.1) is 22.9 Å². The maximum Gasteiger partial charge on any atom is 0.143 e. The Hall–Kier alpha value is -6.00. The smallest absolute Gasteiger partial charge is 0.143 e. The molecule has 0 atom stereocenters. The van der Waals surface area contributed by atoms with Crippen molar-refractivity contribution in [3.05, 3.63) is 134 Å². The van der Waals surface area contributed by atoms with Gasteiger partial charge in [-0.2, -0.15) is 0 Å². The summed E-state index contributed by atoms with van der Waals surface area (Å²) in [5.74, 6) is 0. The largest absolute Gasteiger partial charge is 0.456 e. The van der Waals surface area contributed by atoms with Crippen molar-refractivity contribution in [1.29, 1.82) is 0 Å². The van der Waals surface area contributed by atoms with E-state index in [0.29, 0.717) is 0 Å². The van der Waals surface area contributed by atoms with Crippen LogP contribution in [0.2, 0.25) is 0 Å². The number of rotatable bonds is 2. The molecule has 0 amide bonds. The molecule has 0 spiro atoms. The highest BCUT2D eigenvalue weighted by Gasteiger charge is 2.17. The summed E-state index contributed by atoms with van der Waals surface area (Å²) < 4.78 is 12.8. The second-order valence-corrected chi connectivity index (χ2v) is 11.4. The molecule has 3 aromatic heterocycles. The molecule has 0 unspecified atom stereocenters. The van der Waals surface area contributed by atoms with Crippen LogP contribution in [0.25, 0.3) is 98.8 Å². The summed E-state index contributed by atoms with van der Waals surface area (Å²) in [6.07, 6.45) is 1.89. The van der Waals surface area contributed by atoms with Gasteiger partial charge >= 0.3 is 0 Å². The Morgan fingerprint density at radius 1 is 0.409 bits per heavy atom. The number of aromatic nitrogens is 2. The number of hydrogen-bond acceptors (Lipinski definition) is 4. The zero-order chi connectivity index (χ0) is 28.8. The van der Waals surface area contributed by atoms with E-state index in [1.165, 1.54) is 10.8 Å². The molecule has 10 aromatic rings. The predicted molar refractivity (Wildman–Crippen MR) is 180 cm³/mol. The highest BCUT2D eigenvalue weighted by molar-refractivity contribution is 6.23. The fourth-order valence-electron chi connectivity index (χ4n) is 6.85. The van der Waals surface area contributed by atoms with E-state index in [9.17, 15) is 0 Å². The zero-order valence-corrected chi connectivity index (χ0v) is 23.4. The van der Waals surface area contributed by atoms with Crippen LogP contribution in [0.1, 0.15) is 0 Å². The van der Waals surface area contributed by atoms with Crippen molar-refractivity contribution in [3.63, 3.8) is 0 Å². The normalized spacial score (nSPS) is 12.1. The number of fused-ring (bicyclic) bond motifs is 12. The average molecular weight is 563 g/mol. The minimum absolute atomic E-state index is 0.837. The number of furan rings is 2. The molecule has 0 radical (unpaired) electrons. The van der Waals surface area contributed by atoms with Gasteiger partial charge in [0.1, 0.15) is 22.3 Å². The van der Waals surface area contributed by atoms with Crippen molar-refractivity contribution in [2.24, 2.45) is 0 Å². The summed E-state index contributed by atoms with van der Waals surface area (Å²) >= 11 is 0. The standard InChI is InChI=1S/C40H22N2O2/c1-3-14-29-26(11-1)27-12-2-4-15-30(27)39-38(29)41-22-34(42-39)24-10-7-9-23(19-24)25-16-8-17-31-33-21-36-32(20-37(33)44-40(25)31)28-13-5-6-18-35(28)43-36/h1-22H. The van der Waals surface area contributed by atoms with Crippen molar-refractivity contribution in [2.45, 2.75) is 0 Å². The van der Waals surface area contributed by atoms with E-state index in [1.54, 1.807) is 0 Å². The molecule has 204 valence electrons. The Bertz CT molecular complexity index is 2750. The lowest BCUT2D eigenvalue weighted by molar-refractivity contribution is 0.664. The molecular weight excluding hydrogens is 540 g/mol. The second-order valence-electron chi connectivity index (χ2n) is 11.4. The van der Waals surface area contributed by atoms with Gasteiger partial charge in [-0.15, -0.1) is 0 Å². The fourth-order valence-corrected chi connectivity index (χ4v) is 6.85. The van der Waals surface area contributed by atoms with Crippen LogP contribution >= 0.6 is 0 Å². The molecule has 3 heterocycles. The topological polar surface area (TPSA) is 52.1 Å². The summed E-state index contributed by atoms with van der Waals surface area (Å²) in [6.45, 7) is 0. The van der Waals surface area contributed by atoms with Crippen molar-refractivity contribution >= 4 is 76.5 Å².